The van der Waals surface area contributed by atoms with Crippen molar-refractivity contribution in [3.63, 3.8) is 0 Å². The molecular weight excluding hydrogens is 246 g/mol. The van der Waals surface area contributed by atoms with Crippen LogP contribution < -0.4 is 11.3 Å². The number of fused-ring (bicyclic) bond motifs is 1. The van der Waals surface area contributed by atoms with Crippen LogP contribution in [0.5, 0.6) is 0 Å². The van der Waals surface area contributed by atoms with Gasteiger partial charge in [0.25, 0.3) is 0 Å². The molecule has 0 aliphatic heterocycles. The highest BCUT2D eigenvalue weighted by molar-refractivity contribution is 5.85. The summed E-state index contributed by atoms with van der Waals surface area (Å²) in [6, 6.07) is 8.79. The number of hydrazine groups is 1. The molecule has 0 saturated heterocycles. The standard InChI is InChI=1S/C17H23N3/c18-20-17(13-6-3-1-2-4-7-13)16-9-5-8-14-12-19-11-10-15(14)16/h5,8-13,17,20H,1-4,6-7,18H2. The van der Waals surface area contributed by atoms with Crippen LogP contribution in [0.2, 0.25) is 0 Å². The molecule has 0 amide bonds. The van der Waals surface area contributed by atoms with Crippen LogP contribution in [0.4, 0.5) is 0 Å². The summed E-state index contributed by atoms with van der Waals surface area (Å²) in [6.07, 6.45) is 11.7. The summed E-state index contributed by atoms with van der Waals surface area (Å²) in [4.78, 5) is 4.22. The van der Waals surface area contributed by atoms with Gasteiger partial charge in [-0.1, -0.05) is 43.9 Å². The zero-order chi connectivity index (χ0) is 13.8. The molecule has 1 atom stereocenters. The molecule has 1 fully saturated rings. The van der Waals surface area contributed by atoms with Crippen molar-refractivity contribution in [1.82, 2.24) is 10.4 Å². The van der Waals surface area contributed by atoms with Gasteiger partial charge >= 0.3 is 0 Å². The van der Waals surface area contributed by atoms with Crippen molar-refractivity contribution in [3.05, 3.63) is 42.2 Å². The van der Waals surface area contributed by atoms with Gasteiger partial charge in [0.05, 0.1) is 0 Å². The Labute approximate surface area is 120 Å². The number of nitrogens with two attached hydrogens (primary N) is 1. The molecule has 3 heteroatoms. The van der Waals surface area contributed by atoms with Crippen molar-refractivity contribution in [3.8, 4) is 0 Å². The maximum Gasteiger partial charge on any atom is 0.0494 e. The summed E-state index contributed by atoms with van der Waals surface area (Å²) in [5, 5.41) is 2.47. The lowest BCUT2D eigenvalue weighted by Gasteiger charge is -2.27. The van der Waals surface area contributed by atoms with E-state index in [2.05, 4.69) is 34.7 Å². The van der Waals surface area contributed by atoms with E-state index in [1.807, 2.05) is 12.4 Å². The summed E-state index contributed by atoms with van der Waals surface area (Å²) in [5.74, 6) is 6.55. The lowest BCUT2D eigenvalue weighted by Crippen LogP contribution is -2.33. The highest BCUT2D eigenvalue weighted by Crippen LogP contribution is 2.35. The Morgan fingerprint density at radius 3 is 2.65 bits per heavy atom. The molecule has 1 aliphatic carbocycles. The molecule has 0 radical (unpaired) electrons. The van der Waals surface area contributed by atoms with Gasteiger partial charge in [-0.15, -0.1) is 0 Å². The van der Waals surface area contributed by atoms with Gasteiger partial charge in [0.2, 0.25) is 0 Å². The number of aromatic nitrogens is 1. The number of rotatable bonds is 3. The summed E-state index contributed by atoms with van der Waals surface area (Å²) in [6.45, 7) is 0. The highest BCUT2D eigenvalue weighted by Gasteiger charge is 2.24. The first kappa shape index (κ1) is 13.5. The fraction of sp³-hybridized carbons (Fsp3) is 0.471. The lowest BCUT2D eigenvalue weighted by molar-refractivity contribution is 0.331. The maximum atomic E-state index is 5.91. The van der Waals surface area contributed by atoms with Gasteiger partial charge in [0, 0.05) is 23.8 Å². The van der Waals surface area contributed by atoms with Crippen LogP contribution in [0, 0.1) is 5.92 Å². The fourth-order valence-corrected chi connectivity index (χ4v) is 3.54. The van der Waals surface area contributed by atoms with Gasteiger partial charge in [-0.25, -0.2) is 0 Å². The monoisotopic (exact) mass is 269 g/mol. The molecule has 1 aromatic heterocycles. The second kappa shape index (κ2) is 6.33. The quantitative estimate of drug-likeness (QED) is 0.507. The van der Waals surface area contributed by atoms with E-state index in [9.17, 15) is 0 Å². The minimum atomic E-state index is 0.249. The third-order valence-corrected chi connectivity index (χ3v) is 4.60. The average Bonchev–Trinajstić information content (AvgIpc) is 2.78. The first-order chi connectivity index (χ1) is 9.90. The Bertz CT molecular complexity index is 554. The van der Waals surface area contributed by atoms with E-state index in [1.54, 1.807) is 0 Å². The van der Waals surface area contributed by atoms with Gasteiger partial charge in [-0.3, -0.25) is 16.3 Å². The highest BCUT2D eigenvalue weighted by atomic mass is 15.2. The second-order valence-electron chi connectivity index (χ2n) is 5.84. The summed E-state index contributed by atoms with van der Waals surface area (Å²) in [7, 11) is 0. The third kappa shape index (κ3) is 2.69. The normalized spacial score (nSPS) is 18.9. The van der Waals surface area contributed by atoms with Crippen LogP contribution in [-0.2, 0) is 0 Å². The van der Waals surface area contributed by atoms with Crippen LogP contribution in [0.25, 0.3) is 10.8 Å². The molecular formula is C17H23N3. The van der Waals surface area contributed by atoms with Crippen molar-refractivity contribution in [2.24, 2.45) is 11.8 Å². The van der Waals surface area contributed by atoms with E-state index < -0.39 is 0 Å². The molecule has 3 N–H and O–H groups in total. The molecule has 1 aliphatic rings. The number of nitrogens with one attached hydrogen (secondary N) is 1. The third-order valence-electron chi connectivity index (χ3n) is 4.60. The fourth-order valence-electron chi connectivity index (χ4n) is 3.54. The van der Waals surface area contributed by atoms with E-state index in [0.717, 1.165) is 0 Å². The van der Waals surface area contributed by atoms with Crippen molar-refractivity contribution in [2.75, 3.05) is 0 Å². The summed E-state index contributed by atoms with van der Waals surface area (Å²) < 4.78 is 0. The van der Waals surface area contributed by atoms with E-state index >= 15 is 0 Å². The number of hydrogen-bond donors (Lipinski definition) is 2. The Kier molecular flexibility index (Phi) is 4.28. The molecule has 1 aromatic carbocycles. The van der Waals surface area contributed by atoms with Crippen molar-refractivity contribution >= 4 is 10.8 Å². The summed E-state index contributed by atoms with van der Waals surface area (Å²) in [5.41, 5.74) is 4.41. The molecule has 3 rings (SSSR count). The molecule has 20 heavy (non-hydrogen) atoms. The van der Waals surface area contributed by atoms with E-state index in [4.69, 9.17) is 5.84 Å². The van der Waals surface area contributed by atoms with Crippen LogP contribution in [0.15, 0.2) is 36.7 Å². The van der Waals surface area contributed by atoms with E-state index in [-0.39, 0.29) is 6.04 Å². The predicted molar refractivity (Wildman–Crippen MR) is 83.0 cm³/mol. The van der Waals surface area contributed by atoms with Crippen LogP contribution in [0.3, 0.4) is 0 Å². The molecule has 1 unspecified atom stereocenters. The maximum absolute atomic E-state index is 5.91. The predicted octanol–water partition coefficient (Wildman–Crippen LogP) is 3.71. The first-order valence-corrected chi connectivity index (χ1v) is 7.69. The number of nitrogens with zero attached hydrogens (tertiary/aromatic N) is 1. The Hall–Kier alpha value is -1.45. The van der Waals surface area contributed by atoms with Crippen molar-refractivity contribution < 1.29 is 0 Å². The number of benzene rings is 1. The van der Waals surface area contributed by atoms with E-state index in [0.29, 0.717) is 5.92 Å². The Balaban J connectivity index is 1.98. The van der Waals surface area contributed by atoms with Gasteiger partial charge < -0.3 is 0 Å². The van der Waals surface area contributed by atoms with Gasteiger partial charge in [0.15, 0.2) is 0 Å². The molecule has 1 heterocycles. The van der Waals surface area contributed by atoms with Crippen LogP contribution in [-0.4, -0.2) is 4.98 Å². The van der Waals surface area contributed by atoms with Gasteiger partial charge in [-0.05, 0) is 35.8 Å². The molecule has 106 valence electrons. The van der Waals surface area contributed by atoms with Crippen molar-refractivity contribution in [2.45, 2.75) is 44.6 Å². The lowest BCUT2D eigenvalue weighted by atomic mass is 9.86. The topological polar surface area (TPSA) is 50.9 Å². The SMILES string of the molecule is NNC(c1cccc2cnccc12)C1CCCCCC1. The molecule has 2 aromatic rings. The minimum absolute atomic E-state index is 0.249. The smallest absolute Gasteiger partial charge is 0.0494 e. The summed E-state index contributed by atoms with van der Waals surface area (Å²) >= 11 is 0. The van der Waals surface area contributed by atoms with Gasteiger partial charge in [-0.2, -0.15) is 0 Å². The zero-order valence-electron chi connectivity index (χ0n) is 11.9. The molecule has 3 nitrogen and oxygen atoms in total. The number of pyridine rings is 1. The minimum Gasteiger partial charge on any atom is -0.271 e. The Morgan fingerprint density at radius 2 is 1.90 bits per heavy atom. The van der Waals surface area contributed by atoms with Crippen LogP contribution in [0.1, 0.15) is 50.1 Å². The Morgan fingerprint density at radius 1 is 1.10 bits per heavy atom. The second-order valence-corrected chi connectivity index (χ2v) is 5.84. The largest absolute Gasteiger partial charge is 0.271 e. The number of hydrogen-bond acceptors (Lipinski definition) is 3. The molecule has 0 bridgehead atoms. The van der Waals surface area contributed by atoms with Crippen LogP contribution >= 0.6 is 0 Å². The molecule has 1 saturated carbocycles. The zero-order valence-corrected chi connectivity index (χ0v) is 11.9. The first-order valence-electron chi connectivity index (χ1n) is 7.69. The van der Waals surface area contributed by atoms with Gasteiger partial charge in [0.1, 0.15) is 0 Å². The average molecular weight is 269 g/mol. The van der Waals surface area contributed by atoms with Crippen molar-refractivity contribution in [1.29, 1.82) is 0 Å². The molecule has 0 spiro atoms. The van der Waals surface area contributed by atoms with E-state index in [1.165, 1.54) is 54.9 Å².